The van der Waals surface area contributed by atoms with Crippen LogP contribution in [0.15, 0.2) is 22.7 Å². The minimum absolute atomic E-state index is 0.0357. The van der Waals surface area contributed by atoms with E-state index in [1.807, 2.05) is 25.1 Å². The van der Waals surface area contributed by atoms with Gasteiger partial charge in [-0.3, -0.25) is 0 Å². The molecular formula is C12H11BrN2. The molecule has 0 aliphatic rings. The minimum Gasteiger partial charge on any atom is -0.370 e. The zero-order chi connectivity index (χ0) is 11.3. The molecule has 0 heterocycles. The van der Waals surface area contributed by atoms with Crippen LogP contribution in [0.4, 0.5) is 5.69 Å². The van der Waals surface area contributed by atoms with Crippen molar-refractivity contribution in [3.63, 3.8) is 0 Å². The highest BCUT2D eigenvalue weighted by molar-refractivity contribution is 9.10. The Balaban J connectivity index is 3.01. The third kappa shape index (κ3) is 2.75. The summed E-state index contributed by atoms with van der Waals surface area (Å²) < 4.78 is 0.780. The lowest BCUT2D eigenvalue weighted by Crippen LogP contribution is -2.16. The van der Waals surface area contributed by atoms with Crippen molar-refractivity contribution in [3.05, 3.63) is 28.2 Å². The number of rotatable bonds is 3. The maximum absolute atomic E-state index is 8.99. The summed E-state index contributed by atoms with van der Waals surface area (Å²) in [5.41, 5.74) is 1.36. The Labute approximate surface area is 98.4 Å². The molecule has 0 amide bonds. The first-order chi connectivity index (χ1) is 7.22. The highest BCUT2D eigenvalue weighted by Gasteiger charge is 2.08. The Morgan fingerprint density at radius 1 is 1.60 bits per heavy atom. The summed E-state index contributed by atoms with van der Waals surface area (Å²) in [5.74, 6) is 2.64. The first kappa shape index (κ1) is 11.6. The summed E-state index contributed by atoms with van der Waals surface area (Å²) in [6, 6.07) is 7.66. The molecule has 1 N–H and O–H groups in total. The van der Waals surface area contributed by atoms with E-state index in [1.54, 1.807) is 0 Å². The van der Waals surface area contributed by atoms with Crippen molar-refractivity contribution in [2.24, 2.45) is 0 Å². The van der Waals surface area contributed by atoms with E-state index in [1.165, 1.54) is 0 Å². The summed E-state index contributed by atoms with van der Waals surface area (Å²) in [4.78, 5) is 0. The summed E-state index contributed by atoms with van der Waals surface area (Å²) in [5, 5.41) is 12.1. The number of halogens is 1. The van der Waals surface area contributed by atoms with Crippen LogP contribution in [0.3, 0.4) is 0 Å². The second kappa shape index (κ2) is 5.44. The van der Waals surface area contributed by atoms with Crippen LogP contribution in [0.25, 0.3) is 0 Å². The minimum atomic E-state index is -0.0357. The van der Waals surface area contributed by atoms with E-state index < -0.39 is 0 Å². The Bertz CT molecular complexity index is 426. The van der Waals surface area contributed by atoms with E-state index in [-0.39, 0.29) is 6.04 Å². The van der Waals surface area contributed by atoms with E-state index >= 15 is 0 Å². The van der Waals surface area contributed by atoms with E-state index in [0.29, 0.717) is 5.56 Å². The molecule has 3 heteroatoms. The normalized spacial score (nSPS) is 11.2. The third-order valence-corrected chi connectivity index (χ3v) is 2.73. The summed E-state index contributed by atoms with van der Waals surface area (Å²) in [6.45, 7) is 2.00. The fourth-order valence-electron chi connectivity index (χ4n) is 1.21. The van der Waals surface area contributed by atoms with Crippen LogP contribution in [-0.4, -0.2) is 6.04 Å². The molecule has 0 saturated carbocycles. The lowest BCUT2D eigenvalue weighted by Gasteiger charge is -2.13. The fraction of sp³-hybridized carbons (Fsp3) is 0.250. The standard InChI is InChI=1S/C12H11BrN2/c1-3-9(4-2)15-12-7-5-6-11(13)10(12)8-14/h1,5-7,9,15H,4H2,2H3. The van der Waals surface area contributed by atoms with Gasteiger partial charge < -0.3 is 5.32 Å². The molecule has 15 heavy (non-hydrogen) atoms. The molecule has 2 nitrogen and oxygen atoms in total. The van der Waals surface area contributed by atoms with Crippen LogP contribution >= 0.6 is 15.9 Å². The second-order valence-electron chi connectivity index (χ2n) is 3.05. The van der Waals surface area contributed by atoms with Crippen molar-refractivity contribution in [1.82, 2.24) is 0 Å². The van der Waals surface area contributed by atoms with E-state index in [0.717, 1.165) is 16.6 Å². The Kier molecular flexibility index (Phi) is 4.21. The van der Waals surface area contributed by atoms with Gasteiger partial charge in [0.25, 0.3) is 0 Å². The number of nitrogens with one attached hydrogen (secondary N) is 1. The van der Waals surface area contributed by atoms with Crippen molar-refractivity contribution in [2.75, 3.05) is 5.32 Å². The Hall–Kier alpha value is -1.45. The lowest BCUT2D eigenvalue weighted by atomic mass is 10.1. The molecule has 0 radical (unpaired) electrons. The Morgan fingerprint density at radius 2 is 2.33 bits per heavy atom. The number of anilines is 1. The molecule has 76 valence electrons. The zero-order valence-electron chi connectivity index (χ0n) is 8.42. The molecule has 1 rings (SSSR count). The fourth-order valence-corrected chi connectivity index (χ4v) is 1.66. The first-order valence-electron chi connectivity index (χ1n) is 4.64. The van der Waals surface area contributed by atoms with E-state index in [2.05, 4.69) is 33.2 Å². The van der Waals surface area contributed by atoms with Crippen LogP contribution in [0.1, 0.15) is 18.9 Å². The third-order valence-electron chi connectivity index (χ3n) is 2.06. The van der Waals surface area contributed by atoms with Gasteiger partial charge in [-0.2, -0.15) is 5.26 Å². The molecule has 0 saturated heterocycles. The average Bonchev–Trinajstić information content (AvgIpc) is 2.26. The predicted octanol–water partition coefficient (Wildman–Crippen LogP) is 3.14. The predicted molar refractivity (Wildman–Crippen MR) is 65.4 cm³/mol. The number of nitriles is 1. The molecule has 1 unspecified atom stereocenters. The van der Waals surface area contributed by atoms with Gasteiger partial charge >= 0.3 is 0 Å². The van der Waals surface area contributed by atoms with Crippen LogP contribution in [0, 0.1) is 23.7 Å². The quantitative estimate of drug-likeness (QED) is 0.850. The van der Waals surface area contributed by atoms with Gasteiger partial charge in [-0.15, -0.1) is 6.42 Å². The summed E-state index contributed by atoms with van der Waals surface area (Å²) >= 11 is 3.33. The lowest BCUT2D eigenvalue weighted by molar-refractivity contribution is 0.857. The topological polar surface area (TPSA) is 35.8 Å². The smallest absolute Gasteiger partial charge is 0.103 e. The van der Waals surface area contributed by atoms with Gasteiger partial charge in [0, 0.05) is 4.47 Å². The van der Waals surface area contributed by atoms with Crippen LogP contribution in [0.2, 0.25) is 0 Å². The van der Waals surface area contributed by atoms with Crippen molar-refractivity contribution in [1.29, 1.82) is 5.26 Å². The maximum atomic E-state index is 8.99. The van der Waals surface area contributed by atoms with Crippen LogP contribution < -0.4 is 5.32 Å². The van der Waals surface area contributed by atoms with Gasteiger partial charge in [-0.05, 0) is 34.5 Å². The molecule has 1 atom stereocenters. The van der Waals surface area contributed by atoms with Gasteiger partial charge in [0.05, 0.1) is 17.3 Å². The maximum Gasteiger partial charge on any atom is 0.103 e. The number of terminal acetylenes is 1. The molecule has 1 aromatic carbocycles. The van der Waals surface area contributed by atoms with Crippen LogP contribution in [0.5, 0.6) is 0 Å². The number of hydrogen-bond acceptors (Lipinski definition) is 2. The van der Waals surface area contributed by atoms with Crippen LogP contribution in [-0.2, 0) is 0 Å². The monoisotopic (exact) mass is 262 g/mol. The first-order valence-corrected chi connectivity index (χ1v) is 5.43. The average molecular weight is 263 g/mol. The van der Waals surface area contributed by atoms with Gasteiger partial charge in [0.2, 0.25) is 0 Å². The van der Waals surface area contributed by atoms with Gasteiger partial charge in [-0.25, -0.2) is 0 Å². The number of nitrogens with zero attached hydrogens (tertiary/aromatic N) is 1. The van der Waals surface area contributed by atoms with Crippen molar-refractivity contribution >= 4 is 21.6 Å². The van der Waals surface area contributed by atoms with Gasteiger partial charge in [0.15, 0.2) is 0 Å². The molecule has 0 aliphatic heterocycles. The SMILES string of the molecule is C#CC(CC)Nc1cccc(Br)c1C#N. The molecule has 1 aromatic rings. The largest absolute Gasteiger partial charge is 0.370 e. The van der Waals surface area contributed by atoms with Crippen molar-refractivity contribution in [3.8, 4) is 18.4 Å². The molecule has 0 bridgehead atoms. The van der Waals surface area contributed by atoms with Gasteiger partial charge in [-0.1, -0.05) is 18.9 Å². The van der Waals surface area contributed by atoms with Crippen molar-refractivity contribution < 1.29 is 0 Å². The van der Waals surface area contributed by atoms with E-state index in [9.17, 15) is 0 Å². The molecule has 0 aromatic heterocycles. The summed E-state index contributed by atoms with van der Waals surface area (Å²) in [7, 11) is 0. The molecule has 0 aliphatic carbocycles. The van der Waals surface area contributed by atoms with Crippen molar-refractivity contribution in [2.45, 2.75) is 19.4 Å². The van der Waals surface area contributed by atoms with Gasteiger partial charge in [0.1, 0.15) is 6.07 Å². The Morgan fingerprint density at radius 3 is 2.87 bits per heavy atom. The molecular weight excluding hydrogens is 252 g/mol. The summed E-state index contributed by atoms with van der Waals surface area (Å²) in [6.07, 6.45) is 6.18. The second-order valence-corrected chi connectivity index (χ2v) is 3.90. The van der Waals surface area contributed by atoms with E-state index in [4.69, 9.17) is 11.7 Å². The number of benzene rings is 1. The number of hydrogen-bond donors (Lipinski definition) is 1. The molecule has 0 spiro atoms. The zero-order valence-corrected chi connectivity index (χ0v) is 10.0. The highest BCUT2D eigenvalue weighted by atomic mass is 79.9. The molecule has 0 fully saturated rings. The highest BCUT2D eigenvalue weighted by Crippen LogP contribution is 2.24.